The number of aryl methyl sites for hydroxylation is 1. The quantitative estimate of drug-likeness (QED) is 0.851. The highest BCUT2D eigenvalue weighted by Crippen LogP contribution is 2.28. The fraction of sp³-hybridized carbons (Fsp3) is 0.833. The predicted octanol–water partition coefficient (Wildman–Crippen LogP) is 2.06. The molecule has 0 bridgehead atoms. The summed E-state index contributed by atoms with van der Waals surface area (Å²) in [5, 5.41) is 12.2. The second kappa shape index (κ2) is 4.95. The fourth-order valence-corrected chi connectivity index (χ4v) is 2.52. The van der Waals surface area contributed by atoms with Gasteiger partial charge < -0.3 is 9.88 Å². The molecule has 0 aliphatic carbocycles. The van der Waals surface area contributed by atoms with Crippen LogP contribution in [0.1, 0.15) is 50.8 Å². The molecule has 1 aliphatic rings. The minimum atomic E-state index is 0.390. The van der Waals surface area contributed by atoms with E-state index < -0.39 is 0 Å². The lowest BCUT2D eigenvalue weighted by Gasteiger charge is -2.29. The van der Waals surface area contributed by atoms with Crippen molar-refractivity contribution < 1.29 is 0 Å². The molecule has 1 aromatic heterocycles. The molecule has 2 rings (SSSR count). The van der Waals surface area contributed by atoms with Crippen LogP contribution in [-0.2, 0) is 6.54 Å². The van der Waals surface area contributed by atoms with Gasteiger partial charge in [0.15, 0.2) is 0 Å². The summed E-state index contributed by atoms with van der Waals surface area (Å²) < 4.78 is 2.26. The summed E-state index contributed by atoms with van der Waals surface area (Å²) in [6.45, 7) is 8.67. The van der Waals surface area contributed by atoms with Gasteiger partial charge in [0, 0.05) is 6.54 Å². The molecule has 2 atom stereocenters. The van der Waals surface area contributed by atoms with Gasteiger partial charge in [0.1, 0.15) is 11.6 Å². The summed E-state index contributed by atoms with van der Waals surface area (Å²) in [4.78, 5) is 0. The lowest BCUT2D eigenvalue weighted by molar-refractivity contribution is 0.286. The second-order valence-electron chi connectivity index (χ2n) is 4.81. The average molecular weight is 222 g/mol. The average Bonchev–Trinajstić information content (AvgIpc) is 2.62. The number of aromatic nitrogens is 3. The molecule has 2 heterocycles. The zero-order valence-electron chi connectivity index (χ0n) is 10.5. The summed E-state index contributed by atoms with van der Waals surface area (Å²) in [6, 6.07) is 0.390. The Morgan fingerprint density at radius 3 is 2.94 bits per heavy atom. The normalized spacial score (nSPS) is 25.9. The Hall–Kier alpha value is -0.900. The molecule has 1 aliphatic heterocycles. The van der Waals surface area contributed by atoms with Crippen molar-refractivity contribution in [2.45, 2.75) is 52.6 Å². The number of piperidine rings is 1. The number of nitrogens with one attached hydrogen (secondary N) is 1. The maximum absolute atomic E-state index is 4.36. The standard InChI is InChI=1S/C12H22N4/c1-4-8-16-10(3)14-15-12(16)11-9(2)6-5-7-13-11/h9,11,13H,4-8H2,1-3H3. The summed E-state index contributed by atoms with van der Waals surface area (Å²) in [5.41, 5.74) is 0. The van der Waals surface area contributed by atoms with Crippen LogP contribution < -0.4 is 5.32 Å². The van der Waals surface area contributed by atoms with Gasteiger partial charge in [0.25, 0.3) is 0 Å². The van der Waals surface area contributed by atoms with Crippen molar-refractivity contribution in [3.63, 3.8) is 0 Å². The smallest absolute Gasteiger partial charge is 0.150 e. The first-order chi connectivity index (χ1) is 7.74. The SMILES string of the molecule is CCCn1c(C)nnc1C1NCCCC1C. The molecule has 0 radical (unpaired) electrons. The van der Waals surface area contributed by atoms with Crippen LogP contribution in [0.5, 0.6) is 0 Å². The highest BCUT2D eigenvalue weighted by atomic mass is 15.3. The maximum Gasteiger partial charge on any atom is 0.150 e. The first-order valence-corrected chi connectivity index (χ1v) is 6.37. The zero-order valence-corrected chi connectivity index (χ0v) is 10.5. The van der Waals surface area contributed by atoms with Crippen LogP contribution in [0.3, 0.4) is 0 Å². The molecule has 4 nitrogen and oxygen atoms in total. The van der Waals surface area contributed by atoms with Crippen LogP contribution in [0.15, 0.2) is 0 Å². The molecule has 0 saturated carbocycles. The Balaban J connectivity index is 2.24. The third-order valence-corrected chi connectivity index (χ3v) is 3.46. The molecule has 1 aromatic rings. The Kier molecular flexibility index (Phi) is 3.59. The van der Waals surface area contributed by atoms with Gasteiger partial charge in [0.2, 0.25) is 0 Å². The molecular formula is C12H22N4. The van der Waals surface area contributed by atoms with E-state index in [-0.39, 0.29) is 0 Å². The van der Waals surface area contributed by atoms with Gasteiger partial charge in [-0.2, -0.15) is 0 Å². The second-order valence-corrected chi connectivity index (χ2v) is 4.81. The molecular weight excluding hydrogens is 200 g/mol. The molecule has 0 spiro atoms. The number of hydrogen-bond donors (Lipinski definition) is 1. The van der Waals surface area contributed by atoms with Gasteiger partial charge in [0.05, 0.1) is 6.04 Å². The topological polar surface area (TPSA) is 42.7 Å². The van der Waals surface area contributed by atoms with E-state index in [1.54, 1.807) is 0 Å². The fourth-order valence-electron chi connectivity index (χ4n) is 2.52. The molecule has 1 fully saturated rings. The molecule has 16 heavy (non-hydrogen) atoms. The van der Waals surface area contributed by atoms with Crippen molar-refractivity contribution in [3.8, 4) is 0 Å². The molecule has 1 N–H and O–H groups in total. The van der Waals surface area contributed by atoms with Gasteiger partial charge in [-0.05, 0) is 38.6 Å². The van der Waals surface area contributed by atoms with Crippen LogP contribution in [0.4, 0.5) is 0 Å². The molecule has 1 saturated heterocycles. The molecule has 0 aromatic carbocycles. The van der Waals surface area contributed by atoms with Crippen molar-refractivity contribution in [2.24, 2.45) is 5.92 Å². The third kappa shape index (κ3) is 2.12. The monoisotopic (exact) mass is 222 g/mol. The highest BCUT2D eigenvalue weighted by Gasteiger charge is 2.27. The van der Waals surface area contributed by atoms with Gasteiger partial charge in [-0.1, -0.05) is 13.8 Å². The Morgan fingerprint density at radius 2 is 2.25 bits per heavy atom. The highest BCUT2D eigenvalue weighted by molar-refractivity contribution is 5.03. The van der Waals surface area contributed by atoms with E-state index in [2.05, 4.69) is 33.9 Å². The van der Waals surface area contributed by atoms with Gasteiger partial charge in [-0.3, -0.25) is 0 Å². The first kappa shape index (κ1) is 11.6. The summed E-state index contributed by atoms with van der Waals surface area (Å²) >= 11 is 0. The van der Waals surface area contributed by atoms with Crippen LogP contribution in [0.2, 0.25) is 0 Å². The van der Waals surface area contributed by atoms with Crippen LogP contribution in [0, 0.1) is 12.8 Å². The van der Waals surface area contributed by atoms with Crippen molar-refractivity contribution >= 4 is 0 Å². The van der Waals surface area contributed by atoms with E-state index in [0.717, 1.165) is 31.2 Å². The Morgan fingerprint density at radius 1 is 1.44 bits per heavy atom. The summed E-state index contributed by atoms with van der Waals surface area (Å²) in [6.07, 6.45) is 3.70. The zero-order chi connectivity index (χ0) is 11.5. The van der Waals surface area contributed by atoms with Gasteiger partial charge in [-0.15, -0.1) is 10.2 Å². The molecule has 90 valence electrons. The molecule has 0 amide bonds. The summed E-state index contributed by atoms with van der Waals surface area (Å²) in [5.74, 6) is 2.83. The van der Waals surface area contributed by atoms with E-state index in [0.29, 0.717) is 12.0 Å². The number of nitrogens with zero attached hydrogens (tertiary/aromatic N) is 3. The van der Waals surface area contributed by atoms with Crippen molar-refractivity contribution in [2.75, 3.05) is 6.54 Å². The third-order valence-electron chi connectivity index (χ3n) is 3.46. The number of rotatable bonds is 3. The summed E-state index contributed by atoms with van der Waals surface area (Å²) in [7, 11) is 0. The molecule has 4 heteroatoms. The first-order valence-electron chi connectivity index (χ1n) is 6.37. The van der Waals surface area contributed by atoms with Crippen molar-refractivity contribution in [1.29, 1.82) is 0 Å². The molecule has 2 unspecified atom stereocenters. The van der Waals surface area contributed by atoms with Gasteiger partial charge in [-0.25, -0.2) is 0 Å². The lowest BCUT2D eigenvalue weighted by atomic mass is 9.92. The minimum Gasteiger partial charge on any atom is -0.314 e. The van der Waals surface area contributed by atoms with Crippen molar-refractivity contribution in [3.05, 3.63) is 11.6 Å². The van der Waals surface area contributed by atoms with E-state index >= 15 is 0 Å². The van der Waals surface area contributed by atoms with Crippen molar-refractivity contribution in [1.82, 2.24) is 20.1 Å². The van der Waals surface area contributed by atoms with E-state index in [4.69, 9.17) is 0 Å². The van der Waals surface area contributed by atoms with Crippen LogP contribution in [-0.4, -0.2) is 21.3 Å². The maximum atomic E-state index is 4.36. The largest absolute Gasteiger partial charge is 0.314 e. The number of hydrogen-bond acceptors (Lipinski definition) is 3. The van der Waals surface area contributed by atoms with E-state index in [1.807, 2.05) is 6.92 Å². The van der Waals surface area contributed by atoms with E-state index in [9.17, 15) is 0 Å². The lowest BCUT2D eigenvalue weighted by Crippen LogP contribution is -2.35. The Labute approximate surface area is 97.5 Å². The Bertz CT molecular complexity index is 345. The minimum absolute atomic E-state index is 0.390. The van der Waals surface area contributed by atoms with Crippen LogP contribution >= 0.6 is 0 Å². The van der Waals surface area contributed by atoms with Gasteiger partial charge >= 0.3 is 0 Å². The predicted molar refractivity (Wildman–Crippen MR) is 64.2 cm³/mol. The van der Waals surface area contributed by atoms with E-state index in [1.165, 1.54) is 12.8 Å². The van der Waals surface area contributed by atoms with Crippen LogP contribution in [0.25, 0.3) is 0 Å².